The number of ether oxygens (including phenoxy) is 2. The summed E-state index contributed by atoms with van der Waals surface area (Å²) in [4.78, 5) is 12.9. The minimum atomic E-state index is -4.39. The maximum Gasteiger partial charge on any atom is 0.422 e. The van der Waals surface area contributed by atoms with Crippen molar-refractivity contribution >= 4 is 17.7 Å². The van der Waals surface area contributed by atoms with Crippen LogP contribution in [-0.4, -0.2) is 31.1 Å². The predicted molar refractivity (Wildman–Crippen MR) is 98.2 cm³/mol. The SMILES string of the molecule is CCOc1ccc(SCC(=O)NCc2cccc(OCC(F)(F)F)c2)cc1. The number of carbonyl (C=O) groups is 1. The molecule has 0 aliphatic carbocycles. The Morgan fingerprint density at radius 2 is 1.81 bits per heavy atom. The van der Waals surface area contributed by atoms with E-state index < -0.39 is 12.8 Å². The summed E-state index contributed by atoms with van der Waals surface area (Å²) in [5, 5.41) is 2.74. The van der Waals surface area contributed by atoms with Crippen LogP contribution < -0.4 is 14.8 Å². The normalized spacial score (nSPS) is 11.1. The van der Waals surface area contributed by atoms with Gasteiger partial charge in [0.2, 0.25) is 5.91 Å². The van der Waals surface area contributed by atoms with Crippen molar-refractivity contribution in [2.75, 3.05) is 19.0 Å². The molecule has 0 saturated heterocycles. The van der Waals surface area contributed by atoms with Crippen LogP contribution in [0.25, 0.3) is 0 Å². The van der Waals surface area contributed by atoms with Crippen molar-refractivity contribution in [1.82, 2.24) is 5.32 Å². The van der Waals surface area contributed by atoms with Crippen molar-refractivity contribution in [2.24, 2.45) is 0 Å². The quantitative estimate of drug-likeness (QED) is 0.634. The zero-order valence-corrected chi connectivity index (χ0v) is 15.5. The molecule has 2 aromatic rings. The van der Waals surface area contributed by atoms with Crippen LogP contribution in [0.2, 0.25) is 0 Å². The molecule has 2 rings (SSSR count). The molecule has 0 heterocycles. The summed E-state index contributed by atoms with van der Waals surface area (Å²) in [6.07, 6.45) is -4.39. The first-order valence-electron chi connectivity index (χ1n) is 8.26. The third kappa shape index (κ3) is 8.25. The fraction of sp³-hybridized carbons (Fsp3) is 0.316. The lowest BCUT2D eigenvalue weighted by molar-refractivity contribution is -0.153. The molecule has 2 aromatic carbocycles. The number of halogens is 3. The fourth-order valence-corrected chi connectivity index (χ4v) is 2.84. The highest BCUT2D eigenvalue weighted by Crippen LogP contribution is 2.22. The monoisotopic (exact) mass is 399 g/mol. The van der Waals surface area contributed by atoms with E-state index in [0.717, 1.165) is 10.6 Å². The second kappa shape index (κ2) is 10.1. The first kappa shape index (κ1) is 21.0. The van der Waals surface area contributed by atoms with Crippen molar-refractivity contribution in [1.29, 1.82) is 0 Å². The first-order chi connectivity index (χ1) is 12.9. The second-order valence-corrected chi connectivity index (χ2v) is 6.57. The molecule has 0 radical (unpaired) electrons. The summed E-state index contributed by atoms with van der Waals surface area (Å²) in [5.41, 5.74) is 0.661. The Morgan fingerprint density at radius 3 is 2.48 bits per heavy atom. The van der Waals surface area contributed by atoms with E-state index in [2.05, 4.69) is 5.32 Å². The molecule has 0 bridgehead atoms. The van der Waals surface area contributed by atoms with Crippen molar-refractivity contribution in [3.8, 4) is 11.5 Å². The number of rotatable bonds is 9. The largest absolute Gasteiger partial charge is 0.494 e. The van der Waals surface area contributed by atoms with Gasteiger partial charge in [-0.05, 0) is 48.9 Å². The van der Waals surface area contributed by atoms with Crippen molar-refractivity contribution in [3.05, 3.63) is 54.1 Å². The predicted octanol–water partition coefficient (Wildman–Crippen LogP) is 4.43. The lowest BCUT2D eigenvalue weighted by Gasteiger charge is -2.11. The van der Waals surface area contributed by atoms with Crippen LogP contribution in [0, 0.1) is 0 Å². The smallest absolute Gasteiger partial charge is 0.422 e. The van der Waals surface area contributed by atoms with Crippen LogP contribution in [0.4, 0.5) is 13.2 Å². The Hall–Kier alpha value is -2.35. The van der Waals surface area contributed by atoms with Crippen LogP contribution in [0.5, 0.6) is 11.5 Å². The molecule has 8 heteroatoms. The van der Waals surface area contributed by atoms with Gasteiger partial charge < -0.3 is 14.8 Å². The molecule has 0 atom stereocenters. The number of hydrogen-bond donors (Lipinski definition) is 1. The van der Waals surface area contributed by atoms with E-state index in [0.29, 0.717) is 12.2 Å². The van der Waals surface area contributed by atoms with Crippen LogP contribution >= 0.6 is 11.8 Å². The highest BCUT2D eigenvalue weighted by Gasteiger charge is 2.28. The fourth-order valence-electron chi connectivity index (χ4n) is 2.11. The molecule has 0 fully saturated rings. The van der Waals surface area contributed by atoms with E-state index in [4.69, 9.17) is 9.47 Å². The zero-order chi connectivity index (χ0) is 19.7. The highest BCUT2D eigenvalue weighted by molar-refractivity contribution is 8.00. The number of hydrogen-bond acceptors (Lipinski definition) is 4. The minimum absolute atomic E-state index is 0.114. The van der Waals surface area contributed by atoms with Crippen molar-refractivity contribution in [2.45, 2.75) is 24.5 Å². The standard InChI is InChI=1S/C19H20F3NO3S/c1-2-25-15-6-8-17(9-7-15)27-12-18(24)23-11-14-4-3-5-16(10-14)26-13-19(20,21)22/h3-10H,2,11-13H2,1H3,(H,23,24). The van der Waals surface area contributed by atoms with Crippen LogP contribution in [-0.2, 0) is 11.3 Å². The molecule has 0 aromatic heterocycles. The van der Waals surface area contributed by atoms with Gasteiger partial charge in [0, 0.05) is 11.4 Å². The number of nitrogens with one attached hydrogen (secondary N) is 1. The minimum Gasteiger partial charge on any atom is -0.494 e. The molecule has 0 unspecified atom stereocenters. The lowest BCUT2D eigenvalue weighted by Crippen LogP contribution is -2.24. The molecular formula is C19H20F3NO3S. The van der Waals surface area contributed by atoms with Gasteiger partial charge in [-0.15, -0.1) is 11.8 Å². The summed E-state index contributed by atoms with van der Waals surface area (Å²) in [6.45, 7) is 1.37. The first-order valence-corrected chi connectivity index (χ1v) is 9.25. The Balaban J connectivity index is 1.76. The van der Waals surface area contributed by atoms with Gasteiger partial charge in [0.15, 0.2) is 6.61 Å². The van der Waals surface area contributed by atoms with Crippen LogP contribution in [0.15, 0.2) is 53.4 Å². The number of thioether (sulfide) groups is 1. The topological polar surface area (TPSA) is 47.6 Å². The summed E-state index contributed by atoms with van der Waals surface area (Å²) < 4.78 is 46.6. The average Bonchev–Trinajstić information content (AvgIpc) is 2.64. The number of benzene rings is 2. The van der Waals surface area contributed by atoms with Gasteiger partial charge in [0.1, 0.15) is 11.5 Å². The Bertz CT molecular complexity index is 736. The van der Waals surface area contributed by atoms with Crippen LogP contribution in [0.3, 0.4) is 0 Å². The third-order valence-electron chi connectivity index (χ3n) is 3.30. The van der Waals surface area contributed by atoms with Gasteiger partial charge in [0.05, 0.1) is 12.4 Å². The van der Waals surface area contributed by atoms with E-state index in [-0.39, 0.29) is 24.0 Å². The molecule has 0 aliphatic heterocycles. The van der Waals surface area contributed by atoms with Crippen LogP contribution in [0.1, 0.15) is 12.5 Å². The number of carbonyl (C=O) groups excluding carboxylic acids is 1. The Morgan fingerprint density at radius 1 is 1.07 bits per heavy atom. The highest BCUT2D eigenvalue weighted by atomic mass is 32.2. The summed E-state index contributed by atoms with van der Waals surface area (Å²) in [5.74, 6) is 0.954. The Labute approximate surface area is 160 Å². The van der Waals surface area contributed by atoms with Gasteiger partial charge in [-0.2, -0.15) is 13.2 Å². The van der Waals surface area contributed by atoms with E-state index >= 15 is 0 Å². The summed E-state index contributed by atoms with van der Waals surface area (Å²) in [7, 11) is 0. The molecule has 27 heavy (non-hydrogen) atoms. The number of alkyl halides is 3. The van der Waals surface area contributed by atoms with Gasteiger partial charge in [-0.3, -0.25) is 4.79 Å². The van der Waals surface area contributed by atoms with Gasteiger partial charge in [0.25, 0.3) is 0 Å². The molecular weight excluding hydrogens is 379 g/mol. The van der Waals surface area contributed by atoms with E-state index in [1.165, 1.54) is 23.9 Å². The van der Waals surface area contributed by atoms with E-state index in [1.54, 1.807) is 12.1 Å². The van der Waals surface area contributed by atoms with E-state index in [1.807, 2.05) is 31.2 Å². The molecule has 1 amide bonds. The number of amides is 1. The van der Waals surface area contributed by atoms with Gasteiger partial charge in [-0.25, -0.2) is 0 Å². The molecule has 4 nitrogen and oxygen atoms in total. The van der Waals surface area contributed by atoms with E-state index in [9.17, 15) is 18.0 Å². The second-order valence-electron chi connectivity index (χ2n) is 5.52. The maximum atomic E-state index is 12.2. The molecule has 0 aliphatic rings. The van der Waals surface area contributed by atoms with Crippen molar-refractivity contribution in [3.63, 3.8) is 0 Å². The Kier molecular flexibility index (Phi) is 7.84. The molecule has 146 valence electrons. The van der Waals surface area contributed by atoms with Gasteiger partial charge >= 0.3 is 6.18 Å². The van der Waals surface area contributed by atoms with Gasteiger partial charge in [-0.1, -0.05) is 12.1 Å². The zero-order valence-electron chi connectivity index (χ0n) is 14.7. The molecule has 0 saturated carbocycles. The maximum absolute atomic E-state index is 12.2. The van der Waals surface area contributed by atoms with Crippen molar-refractivity contribution < 1.29 is 27.4 Å². The summed E-state index contributed by atoms with van der Waals surface area (Å²) in [6, 6.07) is 13.7. The average molecular weight is 399 g/mol. The molecule has 0 spiro atoms. The molecule has 1 N–H and O–H groups in total. The summed E-state index contributed by atoms with van der Waals surface area (Å²) >= 11 is 1.39. The third-order valence-corrected chi connectivity index (χ3v) is 4.31. The lowest BCUT2D eigenvalue weighted by atomic mass is 10.2.